The smallest absolute Gasteiger partial charge is 0.119 e. The van der Waals surface area contributed by atoms with Gasteiger partial charge in [0.05, 0.1) is 7.11 Å². The van der Waals surface area contributed by atoms with Gasteiger partial charge in [-0.05, 0) is 43.2 Å². The number of fused-ring (bicyclic) bond motifs is 1. The zero-order valence-electron chi connectivity index (χ0n) is 15.1. The van der Waals surface area contributed by atoms with E-state index in [1.165, 1.54) is 4.90 Å². The number of rotatable bonds is 6. The highest BCUT2D eigenvalue weighted by atomic mass is 16.5. The van der Waals surface area contributed by atoms with Crippen molar-refractivity contribution in [2.45, 2.75) is 20.2 Å². The van der Waals surface area contributed by atoms with Crippen LogP contribution in [0.25, 0.3) is 10.9 Å². The Morgan fingerprint density at radius 1 is 1.33 bits per heavy atom. The van der Waals surface area contributed by atoms with Gasteiger partial charge in [0.15, 0.2) is 0 Å². The molecule has 0 atom stereocenters. The van der Waals surface area contributed by atoms with Crippen molar-refractivity contribution in [3.05, 3.63) is 30.0 Å². The van der Waals surface area contributed by atoms with Crippen molar-refractivity contribution in [1.29, 1.82) is 0 Å². The summed E-state index contributed by atoms with van der Waals surface area (Å²) in [4.78, 5) is 4.50. The van der Waals surface area contributed by atoms with E-state index in [1.54, 1.807) is 31.5 Å². The second kappa shape index (κ2) is 5.91. The SMILES string of the molecule is [2H]C([2H])(c1c[nH]c2ccc(OC)cc12)C([2H])([2H])N(CC)CC. The molecule has 0 fully saturated rings. The van der Waals surface area contributed by atoms with Gasteiger partial charge in [0.1, 0.15) is 5.75 Å². The molecule has 0 spiro atoms. The molecular formula is C15H22N2O. The topological polar surface area (TPSA) is 28.3 Å². The van der Waals surface area contributed by atoms with Gasteiger partial charge in [-0.25, -0.2) is 0 Å². The van der Waals surface area contributed by atoms with Crippen LogP contribution in [0.5, 0.6) is 5.75 Å². The molecule has 3 nitrogen and oxygen atoms in total. The van der Waals surface area contributed by atoms with E-state index in [-0.39, 0.29) is 0 Å². The van der Waals surface area contributed by atoms with E-state index < -0.39 is 12.9 Å². The van der Waals surface area contributed by atoms with Crippen LogP contribution in [-0.2, 0) is 6.37 Å². The van der Waals surface area contributed by atoms with Crippen LogP contribution < -0.4 is 4.74 Å². The number of methoxy groups -OCH3 is 1. The molecule has 0 amide bonds. The third kappa shape index (κ3) is 2.67. The number of hydrogen-bond acceptors (Lipinski definition) is 2. The van der Waals surface area contributed by atoms with E-state index in [2.05, 4.69) is 4.98 Å². The molecule has 0 aliphatic carbocycles. The van der Waals surface area contributed by atoms with Crippen molar-refractivity contribution in [2.24, 2.45) is 0 Å². The zero-order chi connectivity index (χ0) is 16.5. The lowest BCUT2D eigenvalue weighted by atomic mass is 10.1. The number of likely N-dealkylation sites (N-methyl/N-ethyl adjacent to an activating group) is 1. The molecule has 1 heterocycles. The highest BCUT2D eigenvalue weighted by Gasteiger charge is 2.06. The number of nitrogens with one attached hydrogen (secondary N) is 1. The maximum atomic E-state index is 8.42. The lowest BCUT2D eigenvalue weighted by Crippen LogP contribution is -2.25. The maximum absolute atomic E-state index is 8.42. The average molecular weight is 250 g/mol. The average Bonchev–Trinajstić information content (AvgIpc) is 2.91. The Labute approximate surface area is 114 Å². The molecular weight excluding hydrogens is 224 g/mol. The molecule has 0 saturated carbocycles. The standard InChI is InChI=1S/C15H22N2O/c1-4-17(5-2)9-8-12-11-16-15-7-6-13(18-3)10-14(12)15/h6-7,10-11,16H,4-5,8-9H2,1-3H3/i8D2,9D2. The number of hydrogen-bond donors (Lipinski definition) is 1. The largest absolute Gasteiger partial charge is 0.497 e. The molecule has 3 heteroatoms. The first-order valence-electron chi connectivity index (χ1n) is 8.20. The lowest BCUT2D eigenvalue weighted by Gasteiger charge is -2.17. The Balaban J connectivity index is 2.57. The predicted molar refractivity (Wildman–Crippen MR) is 76.3 cm³/mol. The molecule has 0 saturated heterocycles. The molecule has 2 rings (SSSR count). The van der Waals surface area contributed by atoms with Crippen LogP contribution in [0.3, 0.4) is 0 Å². The summed E-state index contributed by atoms with van der Waals surface area (Å²) in [5.74, 6) is 0.618. The van der Waals surface area contributed by atoms with Gasteiger partial charge in [-0.15, -0.1) is 0 Å². The van der Waals surface area contributed by atoms with E-state index in [0.717, 1.165) is 5.52 Å². The fourth-order valence-corrected chi connectivity index (χ4v) is 1.85. The summed E-state index contributed by atoms with van der Waals surface area (Å²) in [5, 5.41) is 0.639. The Morgan fingerprint density at radius 3 is 2.78 bits per heavy atom. The van der Waals surface area contributed by atoms with Crippen LogP contribution in [0.2, 0.25) is 0 Å². The zero-order valence-corrected chi connectivity index (χ0v) is 11.1. The number of aromatic nitrogens is 1. The fourth-order valence-electron chi connectivity index (χ4n) is 1.85. The van der Waals surface area contributed by atoms with Gasteiger partial charge in [0.2, 0.25) is 0 Å². The van der Waals surface area contributed by atoms with Crippen molar-refractivity contribution >= 4 is 10.9 Å². The number of H-pyrrole nitrogens is 1. The van der Waals surface area contributed by atoms with Crippen LogP contribution in [-0.4, -0.2) is 36.6 Å². The van der Waals surface area contributed by atoms with Gasteiger partial charge in [-0.2, -0.15) is 0 Å². The minimum atomic E-state index is -2.16. The van der Waals surface area contributed by atoms with Crippen LogP contribution in [0, 0.1) is 0 Å². The third-order valence-electron chi connectivity index (χ3n) is 3.00. The van der Waals surface area contributed by atoms with E-state index in [0.29, 0.717) is 29.8 Å². The molecule has 0 radical (unpaired) electrons. The molecule has 0 bridgehead atoms. The summed E-state index contributed by atoms with van der Waals surface area (Å²) in [6, 6.07) is 5.33. The van der Waals surface area contributed by atoms with Crippen molar-refractivity contribution in [3.8, 4) is 5.75 Å². The van der Waals surface area contributed by atoms with Crippen LogP contribution >= 0.6 is 0 Å². The molecule has 1 aromatic carbocycles. The van der Waals surface area contributed by atoms with Crippen molar-refractivity contribution in [1.82, 2.24) is 9.88 Å². The van der Waals surface area contributed by atoms with Gasteiger partial charge in [0, 0.05) is 29.1 Å². The van der Waals surface area contributed by atoms with Crippen LogP contribution in [0.4, 0.5) is 0 Å². The first-order valence-corrected chi connectivity index (χ1v) is 6.20. The van der Waals surface area contributed by atoms with Gasteiger partial charge >= 0.3 is 0 Å². The first-order chi connectivity index (χ1) is 10.3. The van der Waals surface area contributed by atoms with Crippen molar-refractivity contribution in [3.63, 3.8) is 0 Å². The molecule has 0 aliphatic heterocycles. The maximum Gasteiger partial charge on any atom is 0.119 e. The summed E-state index contributed by atoms with van der Waals surface area (Å²) in [6.45, 7) is 2.42. The quantitative estimate of drug-likeness (QED) is 0.853. The third-order valence-corrected chi connectivity index (χ3v) is 3.00. The summed E-state index contributed by atoms with van der Waals surface area (Å²) in [5.41, 5.74) is 1.06. The molecule has 98 valence electrons. The number of ether oxygens (including phenoxy) is 1. The first kappa shape index (κ1) is 8.59. The minimum Gasteiger partial charge on any atom is -0.497 e. The van der Waals surface area contributed by atoms with Crippen molar-refractivity contribution in [2.75, 3.05) is 26.7 Å². The Morgan fingerprint density at radius 2 is 2.11 bits per heavy atom. The normalized spacial score (nSPS) is 16.2. The van der Waals surface area contributed by atoms with Gasteiger partial charge in [-0.1, -0.05) is 13.8 Å². The van der Waals surface area contributed by atoms with Gasteiger partial charge in [-0.3, -0.25) is 0 Å². The summed E-state index contributed by atoms with van der Waals surface area (Å²) < 4.78 is 38.7. The minimum absolute atomic E-state index is 0.304. The monoisotopic (exact) mass is 250 g/mol. The van der Waals surface area contributed by atoms with E-state index in [1.807, 2.05) is 13.8 Å². The molecule has 1 N–H and O–H groups in total. The molecule has 0 aliphatic rings. The Bertz CT molecular complexity index is 650. The van der Waals surface area contributed by atoms with E-state index >= 15 is 0 Å². The highest BCUT2D eigenvalue weighted by molar-refractivity contribution is 5.84. The second-order valence-corrected chi connectivity index (χ2v) is 4.02. The van der Waals surface area contributed by atoms with Gasteiger partial charge < -0.3 is 14.6 Å². The van der Waals surface area contributed by atoms with Crippen LogP contribution in [0.1, 0.15) is 24.9 Å². The number of benzene rings is 1. The lowest BCUT2D eigenvalue weighted by molar-refractivity contribution is 0.308. The molecule has 1 aromatic heterocycles. The Kier molecular flexibility index (Phi) is 2.82. The fraction of sp³-hybridized carbons (Fsp3) is 0.467. The molecule has 2 aromatic rings. The Hall–Kier alpha value is -1.48. The summed E-state index contributed by atoms with van der Waals surface area (Å²) in [6.07, 6.45) is -0.616. The van der Waals surface area contributed by atoms with E-state index in [9.17, 15) is 0 Å². The second-order valence-electron chi connectivity index (χ2n) is 4.02. The summed E-state index contributed by atoms with van der Waals surface area (Å²) >= 11 is 0. The van der Waals surface area contributed by atoms with Crippen LogP contribution in [0.15, 0.2) is 24.4 Å². The number of aryl methyl sites for hydroxylation is 1. The number of aromatic amines is 1. The molecule has 18 heavy (non-hydrogen) atoms. The number of nitrogens with zero attached hydrogens (tertiary/aromatic N) is 1. The highest BCUT2D eigenvalue weighted by Crippen LogP contribution is 2.23. The van der Waals surface area contributed by atoms with E-state index in [4.69, 9.17) is 10.2 Å². The van der Waals surface area contributed by atoms with Crippen molar-refractivity contribution < 1.29 is 10.2 Å². The van der Waals surface area contributed by atoms with Gasteiger partial charge in [0.25, 0.3) is 0 Å². The summed E-state index contributed by atoms with van der Waals surface area (Å²) in [7, 11) is 1.55. The molecule has 0 unspecified atom stereocenters. The predicted octanol–water partition coefficient (Wildman–Crippen LogP) is 3.06.